The van der Waals surface area contributed by atoms with Gasteiger partial charge in [-0.1, -0.05) is 12.1 Å². The van der Waals surface area contributed by atoms with Gasteiger partial charge in [-0.25, -0.2) is 0 Å². The minimum atomic E-state index is 0.167. The Balaban J connectivity index is 1.63. The monoisotopic (exact) mass is 293 g/mol. The van der Waals surface area contributed by atoms with Crippen LogP contribution in [-0.2, 0) is 17.6 Å². The Kier molecular flexibility index (Phi) is 5.61. The van der Waals surface area contributed by atoms with Crippen molar-refractivity contribution in [3.8, 4) is 0 Å². The van der Waals surface area contributed by atoms with Crippen LogP contribution in [0.2, 0.25) is 0 Å². The van der Waals surface area contributed by atoms with Gasteiger partial charge in [-0.3, -0.25) is 4.79 Å². The molecule has 0 aromatic carbocycles. The Hall–Kier alpha value is -1.13. The number of nitrogens with one attached hydrogen (secondary N) is 1. The predicted molar refractivity (Wildman–Crippen MR) is 82.9 cm³/mol. The molecular weight excluding hydrogens is 274 g/mol. The smallest absolute Gasteiger partial charge is 0.220 e. The average Bonchev–Trinajstić information content (AvgIpc) is 3.01. The molecule has 0 aliphatic heterocycles. The molecule has 0 saturated carbocycles. The number of rotatable bonds is 7. The van der Waals surface area contributed by atoms with Gasteiger partial charge in [0.2, 0.25) is 5.91 Å². The molecule has 102 valence electrons. The third kappa shape index (κ3) is 5.17. The summed E-state index contributed by atoms with van der Waals surface area (Å²) in [5, 5.41) is 7.23. The van der Waals surface area contributed by atoms with Crippen molar-refractivity contribution in [2.24, 2.45) is 0 Å². The molecule has 0 fully saturated rings. The third-order valence-electron chi connectivity index (χ3n) is 2.90. The van der Waals surface area contributed by atoms with Crippen LogP contribution in [0.3, 0.4) is 0 Å². The summed E-state index contributed by atoms with van der Waals surface area (Å²) in [5.74, 6) is 0.167. The standard InChI is InChI=1S/C15H19NOS2/c1-12(11-14-7-4-10-19-14)16-15(17)8-2-5-13-6-3-9-18-13/h3-4,6-7,9-10,12H,2,5,8,11H2,1H3,(H,16,17). The fraction of sp³-hybridized carbons (Fsp3) is 0.400. The van der Waals surface area contributed by atoms with Crippen molar-refractivity contribution in [3.63, 3.8) is 0 Å². The van der Waals surface area contributed by atoms with Crippen LogP contribution >= 0.6 is 22.7 Å². The number of amides is 1. The van der Waals surface area contributed by atoms with Crippen molar-refractivity contribution >= 4 is 28.6 Å². The number of hydrogen-bond acceptors (Lipinski definition) is 3. The van der Waals surface area contributed by atoms with Crippen molar-refractivity contribution in [1.29, 1.82) is 0 Å². The Morgan fingerprint density at radius 3 is 2.53 bits per heavy atom. The van der Waals surface area contributed by atoms with Gasteiger partial charge >= 0.3 is 0 Å². The van der Waals surface area contributed by atoms with Crippen LogP contribution in [0.5, 0.6) is 0 Å². The van der Waals surface area contributed by atoms with Crippen LogP contribution in [-0.4, -0.2) is 11.9 Å². The molecule has 2 aromatic heterocycles. The van der Waals surface area contributed by atoms with Gasteiger partial charge in [0.1, 0.15) is 0 Å². The van der Waals surface area contributed by atoms with Crippen LogP contribution in [0.1, 0.15) is 29.5 Å². The maximum Gasteiger partial charge on any atom is 0.220 e. The zero-order valence-corrected chi connectivity index (χ0v) is 12.7. The first kappa shape index (κ1) is 14.3. The lowest BCUT2D eigenvalue weighted by molar-refractivity contribution is -0.121. The Labute approximate surface area is 122 Å². The van der Waals surface area contributed by atoms with Gasteiger partial charge in [0.25, 0.3) is 0 Å². The van der Waals surface area contributed by atoms with Crippen molar-refractivity contribution in [1.82, 2.24) is 5.32 Å². The van der Waals surface area contributed by atoms with Gasteiger partial charge in [0.05, 0.1) is 0 Å². The molecule has 2 aromatic rings. The lowest BCUT2D eigenvalue weighted by atomic mass is 10.1. The van der Waals surface area contributed by atoms with E-state index in [4.69, 9.17) is 0 Å². The van der Waals surface area contributed by atoms with Crippen molar-refractivity contribution in [3.05, 3.63) is 44.8 Å². The highest BCUT2D eigenvalue weighted by Crippen LogP contribution is 2.13. The maximum absolute atomic E-state index is 11.8. The zero-order valence-electron chi connectivity index (χ0n) is 11.1. The number of aryl methyl sites for hydroxylation is 1. The fourth-order valence-corrected chi connectivity index (χ4v) is 3.59. The van der Waals surface area contributed by atoms with Gasteiger partial charge in [0.15, 0.2) is 0 Å². The summed E-state index contributed by atoms with van der Waals surface area (Å²) in [7, 11) is 0. The van der Waals surface area contributed by atoms with E-state index in [9.17, 15) is 4.79 Å². The van der Waals surface area contributed by atoms with Crippen LogP contribution in [0.25, 0.3) is 0 Å². The quantitative estimate of drug-likeness (QED) is 0.824. The minimum Gasteiger partial charge on any atom is -0.353 e. The van der Waals surface area contributed by atoms with Gasteiger partial charge in [-0.15, -0.1) is 22.7 Å². The summed E-state index contributed by atoms with van der Waals surface area (Å²) in [6.45, 7) is 2.07. The second-order valence-corrected chi connectivity index (χ2v) is 6.75. The van der Waals surface area contributed by atoms with Crippen LogP contribution in [0.15, 0.2) is 35.0 Å². The van der Waals surface area contributed by atoms with Crippen LogP contribution < -0.4 is 5.32 Å². The molecule has 2 heterocycles. The highest BCUT2D eigenvalue weighted by Gasteiger charge is 2.08. The molecule has 2 nitrogen and oxygen atoms in total. The van der Waals surface area contributed by atoms with E-state index in [1.807, 2.05) is 0 Å². The van der Waals surface area contributed by atoms with E-state index in [2.05, 4.69) is 47.3 Å². The number of carbonyl (C=O) groups is 1. The molecular formula is C15H19NOS2. The molecule has 0 bridgehead atoms. The van der Waals surface area contributed by atoms with Crippen molar-refractivity contribution < 1.29 is 4.79 Å². The SMILES string of the molecule is CC(Cc1cccs1)NC(=O)CCCc1cccs1. The molecule has 0 radical (unpaired) electrons. The second-order valence-electron chi connectivity index (χ2n) is 4.68. The van der Waals surface area contributed by atoms with E-state index >= 15 is 0 Å². The summed E-state index contributed by atoms with van der Waals surface area (Å²) in [6, 6.07) is 8.57. The molecule has 1 N–H and O–H groups in total. The van der Waals surface area contributed by atoms with E-state index in [-0.39, 0.29) is 11.9 Å². The Morgan fingerprint density at radius 1 is 1.21 bits per heavy atom. The molecule has 19 heavy (non-hydrogen) atoms. The third-order valence-corrected chi connectivity index (χ3v) is 4.74. The number of carbonyl (C=O) groups excluding carboxylic acids is 1. The first-order valence-electron chi connectivity index (χ1n) is 6.58. The molecule has 1 unspecified atom stereocenters. The largest absolute Gasteiger partial charge is 0.353 e. The van der Waals surface area contributed by atoms with Gasteiger partial charge in [-0.2, -0.15) is 0 Å². The van der Waals surface area contributed by atoms with Gasteiger partial charge < -0.3 is 5.32 Å². The summed E-state index contributed by atoms with van der Waals surface area (Å²) in [5.41, 5.74) is 0. The lowest BCUT2D eigenvalue weighted by Crippen LogP contribution is -2.33. The van der Waals surface area contributed by atoms with E-state index < -0.39 is 0 Å². The summed E-state index contributed by atoms with van der Waals surface area (Å²) >= 11 is 3.51. The zero-order chi connectivity index (χ0) is 13.5. The first-order valence-corrected chi connectivity index (χ1v) is 8.34. The molecule has 4 heteroatoms. The highest BCUT2D eigenvalue weighted by atomic mass is 32.1. The molecule has 0 saturated heterocycles. The molecule has 0 aliphatic carbocycles. The molecule has 0 spiro atoms. The highest BCUT2D eigenvalue weighted by molar-refractivity contribution is 7.10. The number of thiophene rings is 2. The van der Waals surface area contributed by atoms with E-state index in [0.717, 1.165) is 19.3 Å². The topological polar surface area (TPSA) is 29.1 Å². The average molecular weight is 293 g/mol. The minimum absolute atomic E-state index is 0.167. The summed E-state index contributed by atoms with van der Waals surface area (Å²) in [6.07, 6.45) is 3.48. The van der Waals surface area contributed by atoms with Crippen molar-refractivity contribution in [2.75, 3.05) is 0 Å². The Morgan fingerprint density at radius 2 is 1.89 bits per heavy atom. The normalized spacial score (nSPS) is 12.3. The lowest BCUT2D eigenvalue weighted by Gasteiger charge is -2.12. The van der Waals surface area contributed by atoms with Crippen LogP contribution in [0.4, 0.5) is 0 Å². The first-order chi connectivity index (χ1) is 9.24. The van der Waals surface area contributed by atoms with E-state index in [0.29, 0.717) is 6.42 Å². The molecule has 2 rings (SSSR count). The van der Waals surface area contributed by atoms with Gasteiger partial charge in [0, 0.05) is 28.6 Å². The van der Waals surface area contributed by atoms with Gasteiger partial charge in [-0.05, 0) is 42.7 Å². The molecule has 0 aliphatic rings. The fourth-order valence-electron chi connectivity index (χ4n) is 2.01. The maximum atomic E-state index is 11.8. The molecule has 1 amide bonds. The predicted octanol–water partition coefficient (Wildman–Crippen LogP) is 3.88. The van der Waals surface area contributed by atoms with E-state index in [1.165, 1.54) is 9.75 Å². The number of hydrogen-bond donors (Lipinski definition) is 1. The van der Waals surface area contributed by atoms with Crippen molar-refractivity contribution in [2.45, 2.75) is 38.6 Å². The summed E-state index contributed by atoms with van der Waals surface area (Å²) < 4.78 is 0. The van der Waals surface area contributed by atoms with E-state index in [1.54, 1.807) is 22.7 Å². The second kappa shape index (κ2) is 7.46. The summed E-state index contributed by atoms with van der Waals surface area (Å²) in [4.78, 5) is 14.5. The Bertz CT molecular complexity index is 476. The van der Waals surface area contributed by atoms with Crippen LogP contribution in [0, 0.1) is 0 Å². The molecule has 1 atom stereocenters.